The van der Waals surface area contributed by atoms with Crippen LogP contribution < -0.4 is 9.47 Å². The second-order valence-electron chi connectivity index (χ2n) is 3.47. The lowest BCUT2D eigenvalue weighted by atomic mass is 10.2. The average molecular weight is 222 g/mol. The summed E-state index contributed by atoms with van der Waals surface area (Å²) in [7, 11) is 0. The Bertz CT molecular complexity index is 375. The van der Waals surface area contributed by atoms with E-state index in [0.717, 1.165) is 0 Å². The van der Waals surface area contributed by atoms with Crippen LogP contribution in [0, 0.1) is 0 Å². The molecule has 0 spiro atoms. The van der Waals surface area contributed by atoms with E-state index in [-0.39, 0.29) is 19.0 Å². The molecule has 86 valence electrons. The van der Waals surface area contributed by atoms with E-state index in [9.17, 15) is 4.79 Å². The van der Waals surface area contributed by atoms with E-state index in [4.69, 9.17) is 14.2 Å². The lowest BCUT2D eigenvalue weighted by molar-refractivity contribution is -0.132. The zero-order chi connectivity index (χ0) is 11.4. The molecule has 1 aromatic carbocycles. The number of Topliss-reactive ketones (excluding diaryl/α,β-unsaturated/α-hetero) is 1. The highest BCUT2D eigenvalue weighted by molar-refractivity contribution is 5.85. The van der Waals surface area contributed by atoms with Crippen molar-refractivity contribution in [3.63, 3.8) is 0 Å². The van der Waals surface area contributed by atoms with E-state index in [1.54, 1.807) is 6.07 Å². The van der Waals surface area contributed by atoms with Crippen LogP contribution in [0.15, 0.2) is 24.3 Å². The molecule has 1 aliphatic rings. The highest BCUT2D eigenvalue weighted by atomic mass is 16.6. The monoisotopic (exact) mass is 222 g/mol. The van der Waals surface area contributed by atoms with Crippen molar-refractivity contribution in [1.29, 1.82) is 0 Å². The van der Waals surface area contributed by atoms with Gasteiger partial charge in [0, 0.05) is 6.61 Å². The van der Waals surface area contributed by atoms with Crippen molar-refractivity contribution < 1.29 is 19.0 Å². The first-order valence-corrected chi connectivity index (χ1v) is 5.30. The van der Waals surface area contributed by atoms with Gasteiger partial charge in [0.15, 0.2) is 17.6 Å². The van der Waals surface area contributed by atoms with Crippen LogP contribution in [0.1, 0.15) is 6.92 Å². The van der Waals surface area contributed by atoms with Gasteiger partial charge >= 0.3 is 0 Å². The van der Waals surface area contributed by atoms with Crippen LogP contribution in [0.5, 0.6) is 11.5 Å². The third-order valence-electron chi connectivity index (χ3n) is 2.32. The van der Waals surface area contributed by atoms with Crippen molar-refractivity contribution in [3.05, 3.63) is 24.3 Å². The van der Waals surface area contributed by atoms with Crippen molar-refractivity contribution in [1.82, 2.24) is 0 Å². The Balaban J connectivity index is 1.99. The van der Waals surface area contributed by atoms with Gasteiger partial charge in [0.25, 0.3) is 0 Å². The molecular formula is C12H14O4. The lowest BCUT2D eigenvalue weighted by Crippen LogP contribution is -2.38. The molecule has 0 amide bonds. The number of rotatable bonds is 4. The number of hydrogen-bond acceptors (Lipinski definition) is 4. The van der Waals surface area contributed by atoms with E-state index >= 15 is 0 Å². The number of hydrogen-bond donors (Lipinski definition) is 0. The van der Waals surface area contributed by atoms with Crippen molar-refractivity contribution in [3.8, 4) is 11.5 Å². The molecule has 0 fully saturated rings. The fraction of sp³-hybridized carbons (Fsp3) is 0.417. The van der Waals surface area contributed by atoms with Gasteiger partial charge in [-0.15, -0.1) is 0 Å². The van der Waals surface area contributed by atoms with Crippen LogP contribution in [0.4, 0.5) is 0 Å². The molecule has 0 aromatic heterocycles. The van der Waals surface area contributed by atoms with Gasteiger partial charge in [-0.05, 0) is 19.1 Å². The predicted molar refractivity (Wildman–Crippen MR) is 57.9 cm³/mol. The van der Waals surface area contributed by atoms with Gasteiger partial charge in [-0.25, -0.2) is 0 Å². The SMILES string of the molecule is CCOCC(=O)C1COc2ccccc2O1. The number of carbonyl (C=O) groups is 1. The summed E-state index contributed by atoms with van der Waals surface area (Å²) in [6.07, 6.45) is -0.554. The normalized spacial score (nSPS) is 18.2. The summed E-state index contributed by atoms with van der Waals surface area (Å²) in [5.41, 5.74) is 0. The molecule has 1 aliphatic heterocycles. The minimum atomic E-state index is -0.554. The lowest BCUT2D eigenvalue weighted by Gasteiger charge is -2.25. The van der Waals surface area contributed by atoms with Crippen molar-refractivity contribution in [2.45, 2.75) is 13.0 Å². The molecule has 1 aromatic rings. The van der Waals surface area contributed by atoms with Crippen molar-refractivity contribution >= 4 is 5.78 Å². The molecule has 16 heavy (non-hydrogen) atoms. The average Bonchev–Trinajstić information content (AvgIpc) is 2.35. The van der Waals surface area contributed by atoms with Gasteiger partial charge in [0.05, 0.1) is 0 Å². The summed E-state index contributed by atoms with van der Waals surface area (Å²) in [6, 6.07) is 7.32. The third kappa shape index (κ3) is 2.33. The van der Waals surface area contributed by atoms with Crippen LogP contribution in [-0.4, -0.2) is 31.7 Å². The van der Waals surface area contributed by atoms with Crippen LogP contribution in [0.25, 0.3) is 0 Å². The Hall–Kier alpha value is -1.55. The molecule has 0 N–H and O–H groups in total. The molecule has 0 radical (unpaired) electrons. The number of benzene rings is 1. The largest absolute Gasteiger partial charge is 0.485 e. The van der Waals surface area contributed by atoms with Gasteiger partial charge < -0.3 is 14.2 Å². The number of carbonyl (C=O) groups excluding carboxylic acids is 1. The number of ketones is 1. The van der Waals surface area contributed by atoms with Gasteiger partial charge in [-0.2, -0.15) is 0 Å². The number of ether oxygens (including phenoxy) is 3. The summed E-state index contributed by atoms with van der Waals surface area (Å²) >= 11 is 0. The molecule has 1 unspecified atom stereocenters. The predicted octanol–water partition coefficient (Wildman–Crippen LogP) is 1.43. The highest BCUT2D eigenvalue weighted by Crippen LogP contribution is 2.30. The summed E-state index contributed by atoms with van der Waals surface area (Å²) < 4.78 is 16.0. The Kier molecular flexibility index (Phi) is 3.41. The first kappa shape index (κ1) is 11.0. The van der Waals surface area contributed by atoms with Gasteiger partial charge in [0.2, 0.25) is 5.78 Å². The van der Waals surface area contributed by atoms with Crippen LogP contribution in [0.2, 0.25) is 0 Å². The molecule has 1 heterocycles. The zero-order valence-corrected chi connectivity index (χ0v) is 9.14. The van der Waals surface area contributed by atoms with Crippen molar-refractivity contribution in [2.75, 3.05) is 19.8 Å². The molecule has 2 rings (SSSR count). The van der Waals surface area contributed by atoms with E-state index in [1.165, 1.54) is 0 Å². The highest BCUT2D eigenvalue weighted by Gasteiger charge is 2.26. The molecular weight excluding hydrogens is 208 g/mol. The second kappa shape index (κ2) is 4.99. The molecule has 1 atom stereocenters. The van der Waals surface area contributed by atoms with E-state index in [1.807, 2.05) is 25.1 Å². The molecule has 4 nitrogen and oxygen atoms in total. The zero-order valence-electron chi connectivity index (χ0n) is 9.14. The molecule has 0 bridgehead atoms. The van der Waals surface area contributed by atoms with E-state index < -0.39 is 6.10 Å². The summed E-state index contributed by atoms with van der Waals surface area (Å²) in [6.45, 7) is 2.70. The first-order chi connectivity index (χ1) is 7.81. The maximum absolute atomic E-state index is 11.6. The maximum atomic E-state index is 11.6. The minimum Gasteiger partial charge on any atom is -0.485 e. The summed E-state index contributed by atoms with van der Waals surface area (Å²) in [5, 5.41) is 0. The van der Waals surface area contributed by atoms with Crippen LogP contribution >= 0.6 is 0 Å². The smallest absolute Gasteiger partial charge is 0.202 e. The minimum absolute atomic E-state index is 0.0761. The van der Waals surface area contributed by atoms with Crippen molar-refractivity contribution in [2.24, 2.45) is 0 Å². The van der Waals surface area contributed by atoms with Crippen LogP contribution in [0.3, 0.4) is 0 Å². The maximum Gasteiger partial charge on any atom is 0.202 e. The topological polar surface area (TPSA) is 44.8 Å². The third-order valence-corrected chi connectivity index (χ3v) is 2.32. The fourth-order valence-corrected chi connectivity index (χ4v) is 1.47. The second-order valence-corrected chi connectivity index (χ2v) is 3.47. The molecule has 0 aliphatic carbocycles. The molecule has 4 heteroatoms. The molecule has 0 saturated carbocycles. The molecule has 0 saturated heterocycles. The Morgan fingerprint density at radius 3 is 2.94 bits per heavy atom. The van der Waals surface area contributed by atoms with E-state index in [0.29, 0.717) is 18.1 Å². The Morgan fingerprint density at radius 1 is 1.44 bits per heavy atom. The first-order valence-electron chi connectivity index (χ1n) is 5.30. The van der Waals surface area contributed by atoms with Gasteiger partial charge in [0.1, 0.15) is 13.2 Å². The number of para-hydroxylation sites is 2. The standard InChI is InChI=1S/C12H14O4/c1-2-14-7-9(13)12-8-15-10-5-3-4-6-11(10)16-12/h3-6,12H,2,7-8H2,1H3. The summed E-state index contributed by atoms with van der Waals surface area (Å²) in [4.78, 5) is 11.6. The number of fused-ring (bicyclic) bond motifs is 1. The fourth-order valence-electron chi connectivity index (χ4n) is 1.47. The Labute approximate surface area is 94.1 Å². The van der Waals surface area contributed by atoms with E-state index in [2.05, 4.69) is 0 Å². The quantitative estimate of drug-likeness (QED) is 0.773. The Morgan fingerprint density at radius 2 is 2.19 bits per heavy atom. The van der Waals surface area contributed by atoms with Crippen LogP contribution in [-0.2, 0) is 9.53 Å². The van der Waals surface area contributed by atoms with Gasteiger partial charge in [-0.3, -0.25) is 4.79 Å². The van der Waals surface area contributed by atoms with Gasteiger partial charge in [-0.1, -0.05) is 12.1 Å². The summed E-state index contributed by atoms with van der Waals surface area (Å²) in [5.74, 6) is 1.21.